The van der Waals surface area contributed by atoms with Gasteiger partial charge in [-0.3, -0.25) is 4.79 Å². The van der Waals surface area contributed by atoms with Gasteiger partial charge in [0.05, 0.1) is 5.39 Å². The van der Waals surface area contributed by atoms with E-state index in [-0.39, 0.29) is 5.78 Å². The summed E-state index contributed by atoms with van der Waals surface area (Å²) in [6.07, 6.45) is 6.14. The summed E-state index contributed by atoms with van der Waals surface area (Å²) in [5, 5.41) is 4.72. The molecule has 0 bridgehead atoms. The fraction of sp³-hybridized carbons (Fsp3) is 0.286. The number of aromatic nitrogens is 1. The Balaban J connectivity index is 2.03. The highest BCUT2D eigenvalue weighted by Gasteiger charge is 2.20. The summed E-state index contributed by atoms with van der Waals surface area (Å²) in [7, 11) is 0. The van der Waals surface area contributed by atoms with E-state index in [9.17, 15) is 4.79 Å². The highest BCUT2D eigenvalue weighted by molar-refractivity contribution is 6.13. The fourth-order valence-corrected chi connectivity index (χ4v) is 2.24. The van der Waals surface area contributed by atoms with Gasteiger partial charge < -0.3 is 4.52 Å². The predicted molar refractivity (Wildman–Crippen MR) is 64.9 cm³/mol. The Labute approximate surface area is 99.1 Å². The molecule has 1 aliphatic carbocycles. The fourth-order valence-electron chi connectivity index (χ4n) is 2.24. The number of hydrogen-bond donors (Lipinski definition) is 0. The normalized spacial score (nSPS) is 15.9. The van der Waals surface area contributed by atoms with E-state index >= 15 is 0 Å². The highest BCUT2D eigenvalue weighted by atomic mass is 16.5. The minimum absolute atomic E-state index is 0.00148. The van der Waals surface area contributed by atoms with Gasteiger partial charge in [0, 0.05) is 0 Å². The Morgan fingerprint density at radius 1 is 1.24 bits per heavy atom. The van der Waals surface area contributed by atoms with Crippen LogP contribution in [0.4, 0.5) is 0 Å². The lowest BCUT2D eigenvalue weighted by Gasteiger charge is -2.09. The van der Waals surface area contributed by atoms with Gasteiger partial charge in [-0.15, -0.1) is 0 Å². The Morgan fingerprint density at radius 3 is 2.94 bits per heavy atom. The van der Waals surface area contributed by atoms with Gasteiger partial charge >= 0.3 is 0 Å². The number of rotatable bonds is 2. The van der Waals surface area contributed by atoms with Crippen LogP contribution in [0.1, 0.15) is 36.2 Å². The van der Waals surface area contributed by atoms with Crippen LogP contribution in [0.5, 0.6) is 0 Å². The van der Waals surface area contributed by atoms with E-state index in [4.69, 9.17) is 4.52 Å². The monoisotopic (exact) mass is 227 g/mol. The molecule has 1 aromatic carbocycles. The van der Waals surface area contributed by atoms with Crippen molar-refractivity contribution in [2.24, 2.45) is 0 Å². The lowest BCUT2D eigenvalue weighted by atomic mass is 9.94. The quantitative estimate of drug-likeness (QED) is 0.737. The van der Waals surface area contributed by atoms with Crippen LogP contribution in [0.15, 0.2) is 40.4 Å². The second-order valence-corrected chi connectivity index (χ2v) is 4.33. The first kappa shape index (κ1) is 10.3. The van der Waals surface area contributed by atoms with Gasteiger partial charge in [-0.2, -0.15) is 0 Å². The molecule has 0 amide bonds. The summed E-state index contributed by atoms with van der Waals surface area (Å²) in [4.78, 5) is 12.3. The topological polar surface area (TPSA) is 43.1 Å². The number of carbonyl (C=O) groups excluding carboxylic acids is 1. The van der Waals surface area contributed by atoms with Crippen molar-refractivity contribution in [3.63, 3.8) is 0 Å². The number of Topliss-reactive ketones (excluding diaryl/α,β-unsaturated/α-hetero) is 1. The number of ketones is 1. The van der Waals surface area contributed by atoms with E-state index in [1.165, 1.54) is 6.42 Å². The maximum Gasteiger partial charge on any atom is 0.227 e. The molecule has 17 heavy (non-hydrogen) atoms. The van der Waals surface area contributed by atoms with Crippen LogP contribution in [-0.2, 0) is 0 Å². The molecule has 0 fully saturated rings. The summed E-state index contributed by atoms with van der Waals surface area (Å²) in [6.45, 7) is 0. The standard InChI is InChI=1S/C14H13NO2/c16-13(10-6-2-1-3-7-10)14-11-8-4-5-9-12(11)15-17-14/h4-6,8-9H,1-3,7H2. The van der Waals surface area contributed by atoms with Crippen LogP contribution in [0.3, 0.4) is 0 Å². The Hall–Kier alpha value is -1.90. The number of benzene rings is 1. The van der Waals surface area contributed by atoms with Crippen molar-refractivity contribution in [3.05, 3.63) is 41.7 Å². The van der Waals surface area contributed by atoms with Gasteiger partial charge in [0.1, 0.15) is 5.52 Å². The van der Waals surface area contributed by atoms with E-state index < -0.39 is 0 Å². The first-order chi connectivity index (χ1) is 8.36. The number of carbonyl (C=O) groups is 1. The molecular weight excluding hydrogens is 214 g/mol. The summed E-state index contributed by atoms with van der Waals surface area (Å²) in [6, 6.07) is 7.51. The summed E-state index contributed by atoms with van der Waals surface area (Å²) in [5.74, 6) is 0.382. The van der Waals surface area contributed by atoms with Crippen LogP contribution < -0.4 is 0 Å². The van der Waals surface area contributed by atoms with Crippen molar-refractivity contribution in [2.75, 3.05) is 0 Å². The lowest BCUT2D eigenvalue weighted by Crippen LogP contribution is -2.05. The summed E-state index contributed by atoms with van der Waals surface area (Å²) >= 11 is 0. The van der Waals surface area contributed by atoms with Crippen LogP contribution in [0, 0.1) is 0 Å². The average molecular weight is 227 g/mol. The van der Waals surface area contributed by atoms with Crippen LogP contribution in [-0.4, -0.2) is 10.9 Å². The average Bonchev–Trinajstić information content (AvgIpc) is 2.83. The number of nitrogens with zero attached hydrogens (tertiary/aromatic N) is 1. The molecule has 2 aromatic rings. The molecule has 3 heteroatoms. The molecule has 0 unspecified atom stereocenters. The molecule has 3 rings (SSSR count). The molecule has 3 nitrogen and oxygen atoms in total. The maximum absolute atomic E-state index is 12.3. The molecule has 1 aliphatic rings. The SMILES string of the molecule is O=C(C1=CCCCC1)c1onc2ccccc12. The third-order valence-corrected chi connectivity index (χ3v) is 3.17. The molecule has 1 aromatic heterocycles. The number of allylic oxidation sites excluding steroid dienone is 2. The number of hydrogen-bond acceptors (Lipinski definition) is 3. The first-order valence-electron chi connectivity index (χ1n) is 5.94. The molecule has 0 radical (unpaired) electrons. The number of fused-ring (bicyclic) bond motifs is 1. The molecular formula is C14H13NO2. The van der Waals surface area contributed by atoms with Crippen LogP contribution in [0.2, 0.25) is 0 Å². The summed E-state index contributed by atoms with van der Waals surface area (Å²) in [5.41, 5.74) is 1.62. The summed E-state index contributed by atoms with van der Waals surface area (Å²) < 4.78 is 5.19. The van der Waals surface area contributed by atoms with Crippen molar-refractivity contribution >= 4 is 16.7 Å². The highest BCUT2D eigenvalue weighted by Crippen LogP contribution is 2.25. The largest absolute Gasteiger partial charge is 0.351 e. The predicted octanol–water partition coefficient (Wildman–Crippen LogP) is 3.51. The van der Waals surface area contributed by atoms with E-state index in [2.05, 4.69) is 5.16 Å². The minimum Gasteiger partial charge on any atom is -0.351 e. The van der Waals surface area contributed by atoms with Gasteiger partial charge in [0.25, 0.3) is 0 Å². The van der Waals surface area contributed by atoms with E-state index in [1.54, 1.807) is 0 Å². The van der Waals surface area contributed by atoms with E-state index in [0.29, 0.717) is 5.76 Å². The Morgan fingerprint density at radius 2 is 2.12 bits per heavy atom. The minimum atomic E-state index is -0.00148. The lowest BCUT2D eigenvalue weighted by molar-refractivity contribution is 0.0992. The van der Waals surface area contributed by atoms with Crippen molar-refractivity contribution in [2.45, 2.75) is 25.7 Å². The molecule has 86 valence electrons. The zero-order valence-electron chi connectivity index (χ0n) is 9.48. The molecule has 0 saturated heterocycles. The van der Waals surface area contributed by atoms with Gasteiger partial charge in [0.15, 0.2) is 0 Å². The van der Waals surface area contributed by atoms with Crippen LogP contribution in [0.25, 0.3) is 10.9 Å². The zero-order valence-corrected chi connectivity index (χ0v) is 9.48. The molecule has 0 aliphatic heterocycles. The van der Waals surface area contributed by atoms with Gasteiger partial charge in [-0.25, -0.2) is 0 Å². The molecule has 0 N–H and O–H groups in total. The third-order valence-electron chi connectivity index (χ3n) is 3.17. The van der Waals surface area contributed by atoms with Gasteiger partial charge in [-0.05, 0) is 43.4 Å². The van der Waals surface area contributed by atoms with E-state index in [0.717, 1.165) is 35.7 Å². The van der Waals surface area contributed by atoms with Crippen molar-refractivity contribution in [1.29, 1.82) is 0 Å². The van der Waals surface area contributed by atoms with Crippen molar-refractivity contribution < 1.29 is 9.32 Å². The second kappa shape index (κ2) is 4.17. The smallest absolute Gasteiger partial charge is 0.227 e. The molecule has 0 spiro atoms. The maximum atomic E-state index is 12.3. The van der Waals surface area contributed by atoms with Crippen molar-refractivity contribution in [3.8, 4) is 0 Å². The second-order valence-electron chi connectivity index (χ2n) is 4.33. The Kier molecular flexibility index (Phi) is 2.52. The zero-order chi connectivity index (χ0) is 11.7. The van der Waals surface area contributed by atoms with Crippen molar-refractivity contribution in [1.82, 2.24) is 5.16 Å². The van der Waals surface area contributed by atoms with Crippen LogP contribution >= 0.6 is 0 Å². The van der Waals surface area contributed by atoms with Gasteiger partial charge in [-0.1, -0.05) is 23.4 Å². The molecule has 0 saturated carbocycles. The Bertz CT molecular complexity index is 595. The first-order valence-corrected chi connectivity index (χ1v) is 5.94. The van der Waals surface area contributed by atoms with E-state index in [1.807, 2.05) is 30.3 Å². The van der Waals surface area contributed by atoms with Gasteiger partial charge in [0.2, 0.25) is 11.5 Å². The molecule has 0 atom stereocenters. The third kappa shape index (κ3) is 1.78. The molecule has 1 heterocycles.